The lowest BCUT2D eigenvalue weighted by atomic mass is 10.4. The maximum Gasteiger partial charge on any atom is 0.236 e. The van der Waals surface area contributed by atoms with Crippen molar-refractivity contribution in [1.29, 1.82) is 0 Å². The van der Waals surface area contributed by atoms with Crippen molar-refractivity contribution in [2.24, 2.45) is 0 Å². The number of nitrogens with two attached hydrogens (primary N) is 1. The van der Waals surface area contributed by atoms with E-state index in [2.05, 4.69) is 20.5 Å². The molecule has 0 atom stereocenters. The fraction of sp³-hybridized carbons (Fsp3) is 0.0909. The predicted octanol–water partition coefficient (Wildman–Crippen LogP) is 1.91. The molecule has 0 aliphatic heterocycles. The highest BCUT2D eigenvalue weighted by Crippen LogP contribution is 2.25. The number of carbonyl (C=O) groups excluding carboxylic acids is 1. The van der Waals surface area contributed by atoms with Gasteiger partial charge in [0.25, 0.3) is 0 Å². The van der Waals surface area contributed by atoms with Crippen molar-refractivity contribution < 1.29 is 4.79 Å². The van der Waals surface area contributed by atoms with E-state index in [-0.39, 0.29) is 11.7 Å². The fourth-order valence-electron chi connectivity index (χ4n) is 1.52. The normalized spacial score (nSPS) is 10.7. The molecule has 0 aliphatic carbocycles. The molecule has 0 fully saturated rings. The van der Waals surface area contributed by atoms with Crippen LogP contribution in [0.2, 0.25) is 0 Å². The number of rotatable bonds is 5. The first-order valence-electron chi connectivity index (χ1n) is 5.80. The van der Waals surface area contributed by atoms with Crippen molar-refractivity contribution in [3.8, 4) is 10.7 Å². The van der Waals surface area contributed by atoms with Crippen molar-refractivity contribution in [3.63, 3.8) is 0 Å². The molecule has 0 bridgehead atoms. The molecule has 3 N–H and O–H groups in total. The summed E-state index contributed by atoms with van der Waals surface area (Å²) in [5.74, 6) is 6.58. The monoisotopic (exact) mass is 338 g/mol. The largest absolute Gasteiger partial charge is 0.335 e. The third-order valence-corrected chi connectivity index (χ3v) is 4.91. The van der Waals surface area contributed by atoms with Crippen LogP contribution in [0.25, 0.3) is 10.7 Å². The van der Waals surface area contributed by atoms with E-state index in [1.165, 1.54) is 39.1 Å². The molecular formula is C11H10N6OS3. The SMILES string of the molecule is Nn1c(SCC(=O)Nc2nccs2)nnc1-c1cccs1. The van der Waals surface area contributed by atoms with Gasteiger partial charge in [0.15, 0.2) is 11.0 Å². The van der Waals surface area contributed by atoms with Crippen molar-refractivity contribution >= 4 is 45.5 Å². The highest BCUT2D eigenvalue weighted by Gasteiger charge is 2.14. The Hall–Kier alpha value is -1.91. The van der Waals surface area contributed by atoms with Crippen molar-refractivity contribution in [1.82, 2.24) is 19.9 Å². The van der Waals surface area contributed by atoms with Gasteiger partial charge in [-0.2, -0.15) is 0 Å². The maximum absolute atomic E-state index is 11.8. The smallest absolute Gasteiger partial charge is 0.236 e. The number of anilines is 1. The summed E-state index contributed by atoms with van der Waals surface area (Å²) in [6.07, 6.45) is 1.64. The van der Waals surface area contributed by atoms with Crippen LogP contribution in [0.15, 0.2) is 34.2 Å². The number of amides is 1. The Morgan fingerprint density at radius 2 is 2.29 bits per heavy atom. The lowest BCUT2D eigenvalue weighted by Crippen LogP contribution is -2.16. The number of thiazole rings is 1. The number of nitrogen functional groups attached to an aromatic ring is 1. The molecule has 0 saturated heterocycles. The third kappa shape index (κ3) is 3.23. The lowest BCUT2D eigenvalue weighted by molar-refractivity contribution is -0.113. The molecule has 3 heterocycles. The Morgan fingerprint density at radius 3 is 3.00 bits per heavy atom. The van der Waals surface area contributed by atoms with Gasteiger partial charge in [0.05, 0.1) is 10.6 Å². The standard InChI is InChI=1S/C11H10N6OS3/c12-17-9(7-2-1-4-19-7)15-16-11(17)21-6-8(18)14-10-13-3-5-20-10/h1-5H,6,12H2,(H,13,14,18). The first kappa shape index (κ1) is 14.0. The first-order chi connectivity index (χ1) is 10.2. The summed E-state index contributed by atoms with van der Waals surface area (Å²) in [7, 11) is 0. The minimum atomic E-state index is -0.157. The summed E-state index contributed by atoms with van der Waals surface area (Å²) in [6.45, 7) is 0. The van der Waals surface area contributed by atoms with Gasteiger partial charge in [0, 0.05) is 11.6 Å². The summed E-state index contributed by atoms with van der Waals surface area (Å²) in [6, 6.07) is 3.84. The number of thiophene rings is 1. The van der Waals surface area contributed by atoms with Gasteiger partial charge in [-0.1, -0.05) is 17.8 Å². The Balaban J connectivity index is 1.62. The summed E-state index contributed by atoms with van der Waals surface area (Å²) >= 11 is 4.13. The molecule has 7 nitrogen and oxygen atoms in total. The first-order valence-corrected chi connectivity index (χ1v) is 8.55. The number of hydrogen-bond acceptors (Lipinski definition) is 8. The highest BCUT2D eigenvalue weighted by molar-refractivity contribution is 7.99. The highest BCUT2D eigenvalue weighted by atomic mass is 32.2. The molecule has 3 aromatic heterocycles. The second-order valence-corrected chi connectivity index (χ2v) is 6.61. The zero-order chi connectivity index (χ0) is 14.7. The summed E-state index contributed by atoms with van der Waals surface area (Å²) < 4.78 is 1.40. The molecule has 0 radical (unpaired) electrons. The van der Waals surface area contributed by atoms with Crippen molar-refractivity contribution in [2.45, 2.75) is 5.16 Å². The van der Waals surface area contributed by atoms with E-state index in [1.807, 2.05) is 17.5 Å². The van der Waals surface area contributed by atoms with Crippen LogP contribution in [0.5, 0.6) is 0 Å². The van der Waals surface area contributed by atoms with Crippen LogP contribution < -0.4 is 11.2 Å². The van der Waals surface area contributed by atoms with Gasteiger partial charge in [0.2, 0.25) is 11.1 Å². The number of nitrogens with zero attached hydrogens (tertiary/aromatic N) is 4. The van der Waals surface area contributed by atoms with Crippen molar-refractivity contribution in [3.05, 3.63) is 29.1 Å². The predicted molar refractivity (Wildman–Crippen MR) is 85.0 cm³/mol. The van der Waals surface area contributed by atoms with Crippen LogP contribution in [0, 0.1) is 0 Å². The fourth-order valence-corrected chi connectivity index (χ4v) is 3.43. The van der Waals surface area contributed by atoms with Gasteiger partial charge in [0.1, 0.15) is 0 Å². The lowest BCUT2D eigenvalue weighted by Gasteiger charge is -2.02. The molecule has 10 heteroatoms. The molecule has 1 amide bonds. The second kappa shape index (κ2) is 6.24. The second-order valence-electron chi connectivity index (χ2n) is 3.83. The molecule has 0 aromatic carbocycles. The van der Waals surface area contributed by atoms with E-state index < -0.39 is 0 Å². The van der Waals surface area contributed by atoms with E-state index in [4.69, 9.17) is 5.84 Å². The summed E-state index contributed by atoms with van der Waals surface area (Å²) in [4.78, 5) is 16.7. The number of aromatic nitrogens is 4. The number of nitrogens with one attached hydrogen (secondary N) is 1. The van der Waals surface area contributed by atoms with E-state index >= 15 is 0 Å². The average Bonchev–Trinajstić information content (AvgIpc) is 3.18. The molecule has 0 aliphatic rings. The van der Waals surface area contributed by atoms with Crippen molar-refractivity contribution in [2.75, 3.05) is 16.9 Å². The van der Waals surface area contributed by atoms with E-state index in [0.717, 1.165) is 4.88 Å². The van der Waals surface area contributed by atoms with Gasteiger partial charge in [-0.3, -0.25) is 4.79 Å². The number of carbonyl (C=O) groups is 1. The van der Waals surface area contributed by atoms with Gasteiger partial charge < -0.3 is 11.2 Å². The quantitative estimate of drug-likeness (QED) is 0.544. The molecule has 0 spiro atoms. The van der Waals surface area contributed by atoms with Gasteiger partial charge >= 0.3 is 0 Å². The van der Waals surface area contributed by atoms with Gasteiger partial charge in [-0.05, 0) is 11.4 Å². The minimum Gasteiger partial charge on any atom is -0.335 e. The third-order valence-electron chi connectivity index (χ3n) is 2.42. The van der Waals surface area contributed by atoms with Crippen LogP contribution in [-0.4, -0.2) is 31.5 Å². The molecule has 3 rings (SSSR count). The molecule has 108 valence electrons. The van der Waals surface area contributed by atoms with E-state index in [0.29, 0.717) is 16.1 Å². The topological polar surface area (TPSA) is 98.7 Å². The van der Waals surface area contributed by atoms with Crippen LogP contribution in [0.4, 0.5) is 5.13 Å². The summed E-state index contributed by atoms with van der Waals surface area (Å²) in [5, 5.41) is 15.6. The Labute approximate surface area is 132 Å². The van der Waals surface area contributed by atoms with Crippen LogP contribution in [0.1, 0.15) is 0 Å². The Kier molecular flexibility index (Phi) is 4.18. The Morgan fingerprint density at radius 1 is 1.38 bits per heavy atom. The minimum absolute atomic E-state index is 0.157. The number of hydrogen-bond donors (Lipinski definition) is 2. The molecule has 3 aromatic rings. The molecular weight excluding hydrogens is 328 g/mol. The zero-order valence-electron chi connectivity index (χ0n) is 10.6. The van der Waals surface area contributed by atoms with Crippen LogP contribution in [0.3, 0.4) is 0 Å². The average molecular weight is 338 g/mol. The van der Waals surface area contributed by atoms with Gasteiger partial charge in [-0.25, -0.2) is 9.66 Å². The van der Waals surface area contributed by atoms with Gasteiger partial charge in [-0.15, -0.1) is 32.9 Å². The zero-order valence-corrected chi connectivity index (χ0v) is 13.0. The van der Waals surface area contributed by atoms with E-state index in [1.54, 1.807) is 11.6 Å². The molecule has 21 heavy (non-hydrogen) atoms. The maximum atomic E-state index is 11.8. The van der Waals surface area contributed by atoms with E-state index in [9.17, 15) is 4.79 Å². The number of thioether (sulfide) groups is 1. The molecule has 0 unspecified atom stereocenters. The van der Waals surface area contributed by atoms with Crippen LogP contribution in [-0.2, 0) is 4.79 Å². The Bertz CT molecular complexity index is 721. The van der Waals surface area contributed by atoms with Crippen LogP contribution >= 0.6 is 34.4 Å². The molecule has 0 saturated carbocycles. The summed E-state index contributed by atoms with van der Waals surface area (Å²) in [5.41, 5.74) is 0.